The van der Waals surface area contributed by atoms with Gasteiger partial charge in [-0.25, -0.2) is 4.98 Å². The molecule has 0 saturated heterocycles. The second-order valence-electron chi connectivity index (χ2n) is 10.2. The number of nitrogens with zero attached hydrogens (tertiary/aromatic N) is 4. The van der Waals surface area contributed by atoms with Gasteiger partial charge in [-0.1, -0.05) is 22.9 Å². The van der Waals surface area contributed by atoms with E-state index in [0.717, 1.165) is 72.3 Å². The lowest BCUT2D eigenvalue weighted by Crippen LogP contribution is -2.42. The summed E-state index contributed by atoms with van der Waals surface area (Å²) in [7, 11) is 0. The van der Waals surface area contributed by atoms with E-state index in [9.17, 15) is 14.8 Å². The number of ketones is 1. The molecule has 1 aromatic carbocycles. The molecule has 0 fully saturated rings. The maximum atomic E-state index is 12.6. The van der Waals surface area contributed by atoms with E-state index in [0.29, 0.717) is 31.9 Å². The molecule has 2 aromatic heterocycles. The second-order valence-corrected chi connectivity index (χ2v) is 10.2. The van der Waals surface area contributed by atoms with E-state index >= 15 is 0 Å². The normalized spacial score (nSPS) is 13.5. The lowest BCUT2D eigenvalue weighted by atomic mass is 10.1. The van der Waals surface area contributed by atoms with Gasteiger partial charge in [0.05, 0.1) is 5.39 Å². The number of aryl methyl sites for hydroxylation is 2. The number of nitrogens with one attached hydrogen (secondary N) is 3. The van der Waals surface area contributed by atoms with Gasteiger partial charge >= 0.3 is 0 Å². The van der Waals surface area contributed by atoms with E-state index in [-0.39, 0.29) is 11.7 Å². The van der Waals surface area contributed by atoms with Crippen LogP contribution >= 0.6 is 0 Å². The average molecular weight is 535 g/mol. The van der Waals surface area contributed by atoms with Crippen LogP contribution in [0.4, 0.5) is 11.6 Å². The molecule has 3 aromatic rings. The summed E-state index contributed by atoms with van der Waals surface area (Å²) in [6.07, 6.45) is 7.03. The first-order valence-electron chi connectivity index (χ1n) is 13.9. The molecule has 1 aliphatic heterocycles. The smallest absolute Gasteiger partial charge is 0.271 e. The molecule has 3 heterocycles. The topological polar surface area (TPSA) is 123 Å². The summed E-state index contributed by atoms with van der Waals surface area (Å²) >= 11 is 0. The Morgan fingerprint density at radius 3 is 2.79 bits per heavy atom. The van der Waals surface area contributed by atoms with E-state index in [1.54, 1.807) is 6.92 Å². The number of anilines is 2. The zero-order valence-electron chi connectivity index (χ0n) is 22.9. The van der Waals surface area contributed by atoms with Gasteiger partial charge in [0.15, 0.2) is 11.3 Å². The molecule has 10 nitrogen and oxygen atoms in total. The predicted octanol–water partition coefficient (Wildman–Crippen LogP) is 2.73. The van der Waals surface area contributed by atoms with Crippen LogP contribution in [0.1, 0.15) is 50.8 Å². The monoisotopic (exact) mass is 534 g/mol. The van der Waals surface area contributed by atoms with Gasteiger partial charge in [0, 0.05) is 45.2 Å². The first-order chi connectivity index (χ1) is 18.9. The number of unbranched alkanes of at least 4 members (excludes halogenated alkanes) is 1. The van der Waals surface area contributed by atoms with Crippen LogP contribution in [0.5, 0.6) is 0 Å². The minimum absolute atomic E-state index is 0.00945. The van der Waals surface area contributed by atoms with Crippen molar-refractivity contribution in [2.75, 3.05) is 43.4 Å². The van der Waals surface area contributed by atoms with Crippen LogP contribution in [-0.4, -0.2) is 70.5 Å². The van der Waals surface area contributed by atoms with Gasteiger partial charge in [0.25, 0.3) is 12.1 Å². The maximum Gasteiger partial charge on any atom is 0.271 e. The number of benzene rings is 1. The van der Waals surface area contributed by atoms with E-state index in [1.807, 2.05) is 24.3 Å². The number of Topliss-reactive ketones (excluding diaryl/α,β-unsaturated/α-hetero) is 1. The van der Waals surface area contributed by atoms with Gasteiger partial charge in [-0.2, -0.15) is 0 Å². The highest BCUT2D eigenvalue weighted by Crippen LogP contribution is 2.21. The van der Waals surface area contributed by atoms with Crippen LogP contribution in [0.15, 0.2) is 42.7 Å². The van der Waals surface area contributed by atoms with Crippen molar-refractivity contribution in [3.8, 4) is 0 Å². The summed E-state index contributed by atoms with van der Waals surface area (Å²) in [5.74, 6) is 1.41. The molecule has 0 unspecified atom stereocenters. The Kier molecular flexibility index (Phi) is 10.0. The van der Waals surface area contributed by atoms with Gasteiger partial charge in [-0.3, -0.25) is 14.9 Å². The average Bonchev–Trinajstić information content (AvgIpc) is 2.93. The second kappa shape index (κ2) is 13.8. The van der Waals surface area contributed by atoms with E-state index < -0.39 is 6.04 Å². The quantitative estimate of drug-likeness (QED) is 0.141. The highest BCUT2D eigenvalue weighted by atomic mass is 16.5. The molecule has 0 saturated carbocycles. The largest absolute Gasteiger partial charge is 0.371 e. The molecule has 0 aliphatic carbocycles. The molecule has 1 aliphatic rings. The molecule has 4 rings (SSSR count). The van der Waals surface area contributed by atoms with Crippen molar-refractivity contribution < 1.29 is 19.5 Å². The Hall–Kier alpha value is -3.79. The summed E-state index contributed by atoms with van der Waals surface area (Å²) in [5.41, 5.74) is 3.14. The Balaban J connectivity index is 1.34. The van der Waals surface area contributed by atoms with Gasteiger partial charge in [-0.05, 0) is 69.3 Å². The molecular formula is C29H40N7O3+. The maximum absolute atomic E-state index is 12.6. The number of para-hydroxylation sites is 1. The van der Waals surface area contributed by atoms with Crippen LogP contribution in [0.2, 0.25) is 0 Å². The Labute approximate surface area is 229 Å². The molecule has 1 atom stereocenters. The fraction of sp³-hybridized carbons (Fsp3) is 0.483. The third-order valence-electron chi connectivity index (χ3n) is 7.14. The van der Waals surface area contributed by atoms with E-state index in [4.69, 9.17) is 4.98 Å². The summed E-state index contributed by atoms with van der Waals surface area (Å²) in [4.78, 5) is 35.3. The Bertz CT molecular complexity index is 1280. The minimum atomic E-state index is -0.482. The number of amides is 1. The standard InChI is InChI=1S/C29H39N7O3/c1-21(37)26(34-29-25-10-3-4-11-27(25)32-20-36(29)39)14-18-35(19-16-30-22(2)38)17-6-5-9-24-13-12-23-8-7-15-31-28(23)33-24/h3-4,10-13,20,26,39H,5-9,14-19H2,1-2H3,(H2,30,31,33,38)/p+1/t26-/m0/s1. The van der Waals surface area contributed by atoms with Crippen molar-refractivity contribution in [2.24, 2.45) is 0 Å². The zero-order valence-corrected chi connectivity index (χ0v) is 22.9. The molecule has 10 heteroatoms. The highest BCUT2D eigenvalue weighted by molar-refractivity contribution is 5.90. The summed E-state index contributed by atoms with van der Waals surface area (Å²) in [6, 6.07) is 11.3. The van der Waals surface area contributed by atoms with Gasteiger partial charge < -0.3 is 20.7 Å². The van der Waals surface area contributed by atoms with Crippen molar-refractivity contribution in [1.29, 1.82) is 0 Å². The molecule has 4 N–H and O–H groups in total. The molecule has 1 amide bonds. The first-order valence-corrected chi connectivity index (χ1v) is 13.9. The number of pyridine rings is 1. The van der Waals surface area contributed by atoms with Crippen LogP contribution in [0, 0.1) is 0 Å². The van der Waals surface area contributed by atoms with Gasteiger partial charge in [-0.15, -0.1) is 4.98 Å². The highest BCUT2D eigenvalue weighted by Gasteiger charge is 2.23. The summed E-state index contributed by atoms with van der Waals surface area (Å²) in [5, 5.41) is 20.7. The number of fused-ring (bicyclic) bond motifs is 2. The van der Waals surface area contributed by atoms with Gasteiger partial charge in [0.2, 0.25) is 5.91 Å². The van der Waals surface area contributed by atoms with E-state index in [1.165, 1.54) is 18.8 Å². The number of hydrogen-bond donors (Lipinski definition) is 4. The number of aromatic nitrogens is 3. The predicted molar refractivity (Wildman–Crippen MR) is 151 cm³/mol. The van der Waals surface area contributed by atoms with Crippen LogP contribution in [-0.2, 0) is 22.4 Å². The third-order valence-corrected chi connectivity index (χ3v) is 7.14. The molecular weight excluding hydrogens is 494 g/mol. The van der Waals surface area contributed by atoms with Crippen molar-refractivity contribution >= 4 is 34.2 Å². The Morgan fingerprint density at radius 2 is 1.97 bits per heavy atom. The Morgan fingerprint density at radius 1 is 1.13 bits per heavy atom. The zero-order chi connectivity index (χ0) is 27.6. The van der Waals surface area contributed by atoms with Crippen LogP contribution in [0.25, 0.3) is 10.9 Å². The molecule has 39 heavy (non-hydrogen) atoms. The van der Waals surface area contributed by atoms with Crippen LogP contribution in [0.3, 0.4) is 0 Å². The first kappa shape index (κ1) is 28.2. The molecule has 0 bridgehead atoms. The molecule has 0 radical (unpaired) electrons. The van der Waals surface area contributed by atoms with Gasteiger partial charge in [0.1, 0.15) is 11.9 Å². The van der Waals surface area contributed by atoms with E-state index in [2.05, 4.69) is 38.0 Å². The lowest BCUT2D eigenvalue weighted by Gasteiger charge is -2.24. The van der Waals surface area contributed by atoms with Crippen molar-refractivity contribution in [3.63, 3.8) is 0 Å². The minimum Gasteiger partial charge on any atom is -0.371 e. The molecule has 0 spiro atoms. The third kappa shape index (κ3) is 8.10. The van der Waals surface area contributed by atoms with Crippen molar-refractivity contribution in [2.45, 2.75) is 58.4 Å². The molecule has 208 valence electrons. The number of hydrogen-bond acceptors (Lipinski definition) is 8. The van der Waals surface area contributed by atoms with Crippen molar-refractivity contribution in [1.82, 2.24) is 20.2 Å². The lowest BCUT2D eigenvalue weighted by molar-refractivity contribution is -0.894. The van der Waals surface area contributed by atoms with Crippen LogP contribution < -0.4 is 20.7 Å². The SMILES string of the molecule is CC(=O)NCCN(CCCCc1ccc2c(n1)NCCC2)CC[C@H](Nc1c2ccccc2nc[n+]1O)C(C)=O. The number of rotatable bonds is 14. The summed E-state index contributed by atoms with van der Waals surface area (Å²) in [6.45, 7) is 6.84. The summed E-state index contributed by atoms with van der Waals surface area (Å²) < 4.78 is 0.928. The fourth-order valence-electron chi connectivity index (χ4n) is 4.96. The number of carbonyl (C=O) groups is 2. The number of carbonyl (C=O) groups excluding carboxylic acids is 2. The van der Waals surface area contributed by atoms with Crippen molar-refractivity contribution in [3.05, 3.63) is 54.0 Å². The fourth-order valence-corrected chi connectivity index (χ4v) is 4.96.